The zero-order valence-corrected chi connectivity index (χ0v) is 11.8. The molecule has 1 aromatic carbocycles. The number of carbonyl (C=O) groups is 1. The van der Waals surface area contributed by atoms with E-state index in [-0.39, 0.29) is 30.8 Å². The summed E-state index contributed by atoms with van der Waals surface area (Å²) in [5, 5.41) is 14.4. The molecule has 6 nitrogen and oxygen atoms in total. The van der Waals surface area contributed by atoms with Gasteiger partial charge >= 0.3 is 0 Å². The van der Waals surface area contributed by atoms with Crippen LogP contribution in [0.2, 0.25) is 0 Å². The summed E-state index contributed by atoms with van der Waals surface area (Å²) in [4.78, 5) is 20.1. The van der Waals surface area contributed by atoms with Gasteiger partial charge in [0.1, 0.15) is 5.69 Å². The van der Waals surface area contributed by atoms with Crippen LogP contribution in [0.4, 0.5) is 5.95 Å². The van der Waals surface area contributed by atoms with E-state index in [1.807, 2.05) is 37.3 Å². The second kappa shape index (κ2) is 7.35. The van der Waals surface area contributed by atoms with Crippen LogP contribution in [0.3, 0.4) is 0 Å². The molecule has 0 bridgehead atoms. The number of amides is 1. The largest absolute Gasteiger partial charge is 0.395 e. The average molecular weight is 286 g/mol. The van der Waals surface area contributed by atoms with Gasteiger partial charge in [-0.15, -0.1) is 0 Å². The Hall–Kier alpha value is -2.47. The van der Waals surface area contributed by atoms with Crippen LogP contribution in [0.1, 0.15) is 29.0 Å². The van der Waals surface area contributed by atoms with Gasteiger partial charge in [-0.05, 0) is 18.6 Å². The van der Waals surface area contributed by atoms with Crippen molar-refractivity contribution in [3.05, 3.63) is 53.9 Å². The Labute approximate surface area is 123 Å². The van der Waals surface area contributed by atoms with Crippen molar-refractivity contribution in [1.29, 1.82) is 0 Å². The number of nitrogens with zero attached hydrogens (tertiary/aromatic N) is 2. The smallest absolute Gasteiger partial charge is 0.270 e. The summed E-state index contributed by atoms with van der Waals surface area (Å²) >= 11 is 0. The Morgan fingerprint density at radius 2 is 2.05 bits per heavy atom. The van der Waals surface area contributed by atoms with Crippen molar-refractivity contribution >= 4 is 11.9 Å². The van der Waals surface area contributed by atoms with Crippen LogP contribution in [-0.4, -0.2) is 34.1 Å². The molecule has 0 unspecified atom stereocenters. The number of aliphatic hydroxyl groups excluding tert-OH is 1. The van der Waals surface area contributed by atoms with Crippen molar-refractivity contribution in [3.8, 4) is 0 Å². The highest BCUT2D eigenvalue weighted by molar-refractivity contribution is 5.92. The van der Waals surface area contributed by atoms with Gasteiger partial charge in [0.25, 0.3) is 5.91 Å². The summed E-state index contributed by atoms with van der Waals surface area (Å²) in [5.74, 6) is 0.0601. The van der Waals surface area contributed by atoms with Crippen molar-refractivity contribution < 1.29 is 9.90 Å². The second-order valence-electron chi connectivity index (χ2n) is 4.52. The number of aliphatic hydroxyl groups is 1. The summed E-state index contributed by atoms with van der Waals surface area (Å²) in [6.45, 7) is 2.09. The van der Waals surface area contributed by atoms with Crippen LogP contribution in [0.5, 0.6) is 0 Å². The van der Waals surface area contributed by atoms with E-state index in [2.05, 4.69) is 20.6 Å². The number of hydrogen-bond donors (Lipinski definition) is 3. The van der Waals surface area contributed by atoms with E-state index in [1.165, 1.54) is 12.3 Å². The summed E-state index contributed by atoms with van der Waals surface area (Å²) in [7, 11) is 0. The lowest BCUT2D eigenvalue weighted by atomic mass is 10.1. The molecule has 1 amide bonds. The topological polar surface area (TPSA) is 87.1 Å². The number of rotatable bonds is 6. The average Bonchev–Trinajstić information content (AvgIpc) is 2.53. The zero-order chi connectivity index (χ0) is 15.1. The molecule has 0 fully saturated rings. The maximum Gasteiger partial charge on any atom is 0.270 e. The van der Waals surface area contributed by atoms with Crippen molar-refractivity contribution in [2.24, 2.45) is 0 Å². The molecule has 6 heteroatoms. The zero-order valence-electron chi connectivity index (χ0n) is 11.8. The summed E-state index contributed by atoms with van der Waals surface area (Å²) in [5.41, 5.74) is 1.37. The van der Waals surface area contributed by atoms with Gasteiger partial charge in [0.2, 0.25) is 5.95 Å². The molecular weight excluding hydrogens is 268 g/mol. The first-order chi connectivity index (χ1) is 10.2. The lowest BCUT2D eigenvalue weighted by Crippen LogP contribution is -2.27. The molecule has 2 aromatic rings. The lowest BCUT2D eigenvalue weighted by molar-refractivity contribution is 0.0939. The second-order valence-corrected chi connectivity index (χ2v) is 4.52. The maximum atomic E-state index is 11.8. The molecule has 110 valence electrons. The van der Waals surface area contributed by atoms with Crippen molar-refractivity contribution in [2.45, 2.75) is 13.0 Å². The molecule has 0 aliphatic rings. The summed E-state index contributed by atoms with van der Waals surface area (Å²) in [6.07, 6.45) is 1.53. The van der Waals surface area contributed by atoms with Crippen LogP contribution in [0.25, 0.3) is 0 Å². The van der Waals surface area contributed by atoms with Gasteiger partial charge in [0.15, 0.2) is 0 Å². The minimum Gasteiger partial charge on any atom is -0.395 e. The van der Waals surface area contributed by atoms with Gasteiger partial charge in [-0.2, -0.15) is 0 Å². The lowest BCUT2D eigenvalue weighted by Gasteiger charge is -2.14. The fourth-order valence-corrected chi connectivity index (χ4v) is 1.83. The van der Waals surface area contributed by atoms with Gasteiger partial charge in [-0.1, -0.05) is 30.3 Å². The minimum atomic E-state index is -0.332. The van der Waals surface area contributed by atoms with E-state index >= 15 is 0 Å². The predicted molar refractivity (Wildman–Crippen MR) is 79.9 cm³/mol. The quantitative estimate of drug-likeness (QED) is 0.746. The third-order valence-electron chi connectivity index (χ3n) is 2.93. The number of anilines is 1. The molecule has 0 spiro atoms. The summed E-state index contributed by atoms with van der Waals surface area (Å²) in [6, 6.07) is 11.5. The Kier molecular flexibility index (Phi) is 5.22. The van der Waals surface area contributed by atoms with Crippen molar-refractivity contribution in [3.63, 3.8) is 0 Å². The highest BCUT2D eigenvalue weighted by Gasteiger charge is 2.10. The Bertz CT molecular complexity index is 589. The number of nitrogens with one attached hydrogen (secondary N) is 2. The molecular formula is C15H18N4O2. The van der Waals surface area contributed by atoms with E-state index in [9.17, 15) is 4.79 Å². The molecule has 0 aliphatic heterocycles. The van der Waals surface area contributed by atoms with Gasteiger partial charge in [-0.3, -0.25) is 4.79 Å². The molecule has 3 N–H and O–H groups in total. The third-order valence-corrected chi connectivity index (χ3v) is 2.93. The molecule has 1 atom stereocenters. The number of hydrogen-bond acceptors (Lipinski definition) is 5. The van der Waals surface area contributed by atoms with E-state index in [0.29, 0.717) is 5.95 Å². The van der Waals surface area contributed by atoms with Crippen LogP contribution in [0.15, 0.2) is 42.6 Å². The van der Waals surface area contributed by atoms with Gasteiger partial charge in [-0.25, -0.2) is 9.97 Å². The molecule has 1 aromatic heterocycles. The Balaban J connectivity index is 2.06. The van der Waals surface area contributed by atoms with E-state index in [1.54, 1.807) is 0 Å². The molecule has 0 radical (unpaired) electrons. The van der Waals surface area contributed by atoms with E-state index in [4.69, 9.17) is 5.11 Å². The van der Waals surface area contributed by atoms with Crippen LogP contribution < -0.4 is 10.6 Å². The van der Waals surface area contributed by atoms with Crippen LogP contribution >= 0.6 is 0 Å². The fourth-order valence-electron chi connectivity index (χ4n) is 1.83. The molecule has 0 aliphatic carbocycles. The Morgan fingerprint density at radius 3 is 2.76 bits per heavy atom. The highest BCUT2D eigenvalue weighted by atomic mass is 16.3. The van der Waals surface area contributed by atoms with Crippen LogP contribution in [0, 0.1) is 0 Å². The maximum absolute atomic E-state index is 11.8. The molecule has 0 saturated carbocycles. The Morgan fingerprint density at radius 1 is 1.29 bits per heavy atom. The first-order valence-electron chi connectivity index (χ1n) is 6.74. The first kappa shape index (κ1) is 14.9. The third kappa shape index (κ3) is 4.25. The highest BCUT2D eigenvalue weighted by Crippen LogP contribution is 2.16. The molecule has 1 heterocycles. The SMILES string of the molecule is C[C@H](Nc1nccc(C(=O)NCCO)n1)c1ccccc1. The standard InChI is InChI=1S/C15H18N4O2/c1-11(12-5-3-2-4-6-12)18-15-17-8-7-13(19-15)14(21)16-9-10-20/h2-8,11,20H,9-10H2,1H3,(H,16,21)(H,17,18,19)/t11-/m0/s1. The first-order valence-corrected chi connectivity index (χ1v) is 6.74. The molecule has 0 saturated heterocycles. The number of benzene rings is 1. The fraction of sp³-hybridized carbons (Fsp3) is 0.267. The molecule has 2 rings (SSSR count). The van der Waals surface area contributed by atoms with Crippen molar-refractivity contribution in [2.75, 3.05) is 18.5 Å². The predicted octanol–water partition coefficient (Wildman–Crippen LogP) is 1.37. The number of aromatic nitrogens is 2. The van der Waals surface area contributed by atoms with E-state index < -0.39 is 0 Å². The van der Waals surface area contributed by atoms with Gasteiger partial charge < -0.3 is 15.7 Å². The summed E-state index contributed by atoms with van der Waals surface area (Å²) < 4.78 is 0. The monoisotopic (exact) mass is 286 g/mol. The van der Waals surface area contributed by atoms with Crippen molar-refractivity contribution in [1.82, 2.24) is 15.3 Å². The molecule has 21 heavy (non-hydrogen) atoms. The number of carbonyl (C=O) groups excluding carboxylic acids is 1. The normalized spacial score (nSPS) is 11.7. The van der Waals surface area contributed by atoms with Gasteiger partial charge in [0.05, 0.1) is 12.6 Å². The van der Waals surface area contributed by atoms with E-state index in [0.717, 1.165) is 5.56 Å². The minimum absolute atomic E-state index is 0.0296. The van der Waals surface area contributed by atoms with Gasteiger partial charge in [0, 0.05) is 12.7 Å². The van der Waals surface area contributed by atoms with Crippen LogP contribution in [-0.2, 0) is 0 Å².